The minimum atomic E-state index is 0.898. The minimum absolute atomic E-state index is 0.898. The first kappa shape index (κ1) is 8.52. The lowest BCUT2D eigenvalue weighted by atomic mass is 10.1. The van der Waals surface area contributed by atoms with Gasteiger partial charge < -0.3 is 4.90 Å². The van der Waals surface area contributed by atoms with Gasteiger partial charge in [-0.25, -0.2) is 0 Å². The summed E-state index contributed by atoms with van der Waals surface area (Å²) in [5, 5.41) is 0. The molecule has 2 heteroatoms. The largest absolute Gasteiger partial charge is 0.302 e. The smallest absolute Gasteiger partial charge is 0.0263 e. The van der Waals surface area contributed by atoms with E-state index in [1.807, 2.05) is 0 Å². The lowest BCUT2D eigenvalue weighted by Crippen LogP contribution is -2.34. The molecule has 0 aromatic carbocycles. The molecule has 2 heterocycles. The highest BCUT2D eigenvalue weighted by Crippen LogP contribution is 2.30. The lowest BCUT2D eigenvalue weighted by molar-refractivity contribution is 0.238. The Bertz CT molecular complexity index is 158. The van der Waals surface area contributed by atoms with Crippen molar-refractivity contribution >= 4 is 0 Å². The highest BCUT2D eigenvalue weighted by atomic mass is 15.3. The Morgan fingerprint density at radius 2 is 2.00 bits per heavy atom. The van der Waals surface area contributed by atoms with Crippen LogP contribution in [-0.4, -0.2) is 48.6 Å². The molecular formula is C10H20N2. The van der Waals surface area contributed by atoms with Crippen molar-refractivity contribution in [3.63, 3.8) is 0 Å². The maximum atomic E-state index is 2.65. The fraction of sp³-hybridized carbons (Fsp3) is 1.00. The Morgan fingerprint density at radius 1 is 1.17 bits per heavy atom. The van der Waals surface area contributed by atoms with Crippen LogP contribution >= 0.6 is 0 Å². The van der Waals surface area contributed by atoms with Crippen LogP contribution in [0.25, 0.3) is 0 Å². The van der Waals surface area contributed by atoms with Crippen molar-refractivity contribution in [3.05, 3.63) is 0 Å². The Kier molecular flexibility index (Phi) is 2.37. The van der Waals surface area contributed by atoms with Crippen LogP contribution in [0, 0.1) is 5.92 Å². The second-order valence-corrected chi connectivity index (χ2v) is 4.10. The molecule has 0 saturated carbocycles. The van der Waals surface area contributed by atoms with Gasteiger partial charge in [0.05, 0.1) is 0 Å². The molecule has 2 rings (SSSR count). The van der Waals surface area contributed by atoms with Crippen molar-refractivity contribution in [1.29, 1.82) is 0 Å². The van der Waals surface area contributed by atoms with Crippen molar-refractivity contribution < 1.29 is 0 Å². The summed E-state index contributed by atoms with van der Waals surface area (Å²) >= 11 is 0. The predicted molar refractivity (Wildman–Crippen MR) is 51.3 cm³/mol. The Labute approximate surface area is 75.5 Å². The normalized spacial score (nSPS) is 37.5. The number of fused-ring (bicyclic) bond motifs is 1. The maximum absolute atomic E-state index is 2.65. The number of rotatable bonds is 2. The second kappa shape index (κ2) is 3.35. The van der Waals surface area contributed by atoms with Gasteiger partial charge in [0.2, 0.25) is 0 Å². The summed E-state index contributed by atoms with van der Waals surface area (Å²) in [4.78, 5) is 5.25. The molecule has 2 atom stereocenters. The van der Waals surface area contributed by atoms with Crippen LogP contribution in [0.3, 0.4) is 0 Å². The van der Waals surface area contributed by atoms with E-state index in [1.165, 1.54) is 39.1 Å². The maximum Gasteiger partial charge on any atom is 0.0263 e. The molecule has 0 aliphatic carbocycles. The average Bonchev–Trinajstić information content (AvgIpc) is 2.61. The predicted octanol–water partition coefficient (Wildman–Crippen LogP) is 1.03. The van der Waals surface area contributed by atoms with Crippen molar-refractivity contribution in [3.8, 4) is 0 Å². The summed E-state index contributed by atoms with van der Waals surface area (Å²) in [5.41, 5.74) is 0. The molecular weight excluding hydrogens is 148 g/mol. The van der Waals surface area contributed by atoms with E-state index in [0.717, 1.165) is 12.0 Å². The number of nitrogens with zero attached hydrogens (tertiary/aromatic N) is 2. The van der Waals surface area contributed by atoms with Gasteiger partial charge in [-0.1, -0.05) is 13.8 Å². The molecule has 0 amide bonds. The fourth-order valence-electron chi connectivity index (χ4n) is 2.79. The highest BCUT2D eigenvalue weighted by Gasteiger charge is 2.39. The summed E-state index contributed by atoms with van der Waals surface area (Å²) < 4.78 is 0. The minimum Gasteiger partial charge on any atom is -0.302 e. The molecule has 2 unspecified atom stereocenters. The van der Waals surface area contributed by atoms with Gasteiger partial charge in [-0.15, -0.1) is 0 Å². The second-order valence-electron chi connectivity index (χ2n) is 4.10. The lowest BCUT2D eigenvalue weighted by Gasteiger charge is -2.22. The highest BCUT2D eigenvalue weighted by molar-refractivity contribution is 4.95. The molecule has 2 aliphatic heterocycles. The third kappa shape index (κ3) is 1.27. The molecule has 2 aliphatic rings. The van der Waals surface area contributed by atoms with Crippen LogP contribution in [0.15, 0.2) is 0 Å². The van der Waals surface area contributed by atoms with Crippen molar-refractivity contribution in [1.82, 2.24) is 9.80 Å². The van der Waals surface area contributed by atoms with Gasteiger partial charge in [-0.05, 0) is 32.0 Å². The standard InChI is InChI=1S/C10H20N2/c1-3-11-7-9-5-6-12(4-2)10(9)8-11/h9-10H,3-8H2,1-2H3. The van der Waals surface area contributed by atoms with Gasteiger partial charge in [0.1, 0.15) is 0 Å². The summed E-state index contributed by atoms with van der Waals surface area (Å²) in [5.74, 6) is 0.991. The quantitative estimate of drug-likeness (QED) is 0.607. The van der Waals surface area contributed by atoms with Gasteiger partial charge >= 0.3 is 0 Å². The van der Waals surface area contributed by atoms with E-state index in [1.54, 1.807) is 0 Å². The van der Waals surface area contributed by atoms with Crippen LogP contribution in [-0.2, 0) is 0 Å². The van der Waals surface area contributed by atoms with E-state index in [0.29, 0.717) is 0 Å². The van der Waals surface area contributed by atoms with Crippen LogP contribution in [0.4, 0.5) is 0 Å². The Balaban J connectivity index is 1.96. The van der Waals surface area contributed by atoms with Gasteiger partial charge in [0.15, 0.2) is 0 Å². The van der Waals surface area contributed by atoms with Crippen LogP contribution in [0.5, 0.6) is 0 Å². The molecule has 0 aromatic rings. The first-order chi connectivity index (χ1) is 5.85. The Hall–Kier alpha value is -0.0800. The van der Waals surface area contributed by atoms with Crippen molar-refractivity contribution in [2.75, 3.05) is 32.7 Å². The van der Waals surface area contributed by atoms with E-state index in [-0.39, 0.29) is 0 Å². The van der Waals surface area contributed by atoms with Crippen LogP contribution < -0.4 is 0 Å². The molecule has 2 nitrogen and oxygen atoms in total. The van der Waals surface area contributed by atoms with Crippen LogP contribution in [0.2, 0.25) is 0 Å². The van der Waals surface area contributed by atoms with E-state index in [2.05, 4.69) is 23.6 Å². The van der Waals surface area contributed by atoms with E-state index in [4.69, 9.17) is 0 Å². The topological polar surface area (TPSA) is 6.48 Å². The van der Waals surface area contributed by atoms with Gasteiger partial charge in [0, 0.05) is 19.1 Å². The summed E-state index contributed by atoms with van der Waals surface area (Å²) in [7, 11) is 0. The van der Waals surface area contributed by atoms with Crippen molar-refractivity contribution in [2.24, 2.45) is 5.92 Å². The van der Waals surface area contributed by atoms with E-state index < -0.39 is 0 Å². The zero-order valence-corrected chi connectivity index (χ0v) is 8.29. The molecule has 2 saturated heterocycles. The summed E-state index contributed by atoms with van der Waals surface area (Å²) in [6.07, 6.45) is 1.44. The van der Waals surface area contributed by atoms with Crippen LogP contribution in [0.1, 0.15) is 20.3 Å². The summed E-state index contributed by atoms with van der Waals surface area (Å²) in [6, 6.07) is 0.898. The molecule has 70 valence electrons. The Morgan fingerprint density at radius 3 is 2.67 bits per heavy atom. The molecule has 0 aromatic heterocycles. The zero-order valence-electron chi connectivity index (χ0n) is 8.29. The van der Waals surface area contributed by atoms with Gasteiger partial charge in [-0.3, -0.25) is 4.90 Å². The van der Waals surface area contributed by atoms with Gasteiger partial charge in [0.25, 0.3) is 0 Å². The summed E-state index contributed by atoms with van der Waals surface area (Å²) in [6.45, 7) is 11.1. The first-order valence-corrected chi connectivity index (χ1v) is 5.31. The number of likely N-dealkylation sites (N-methyl/N-ethyl adjacent to an activating group) is 2. The van der Waals surface area contributed by atoms with Crippen molar-refractivity contribution in [2.45, 2.75) is 26.3 Å². The first-order valence-electron chi connectivity index (χ1n) is 5.31. The average molecular weight is 168 g/mol. The third-order valence-electron chi connectivity index (χ3n) is 3.59. The molecule has 2 fully saturated rings. The van der Waals surface area contributed by atoms with E-state index in [9.17, 15) is 0 Å². The number of hydrogen-bond donors (Lipinski definition) is 0. The molecule has 0 bridgehead atoms. The van der Waals surface area contributed by atoms with Gasteiger partial charge in [-0.2, -0.15) is 0 Å². The zero-order chi connectivity index (χ0) is 8.55. The molecule has 12 heavy (non-hydrogen) atoms. The van der Waals surface area contributed by atoms with E-state index >= 15 is 0 Å². The molecule has 0 radical (unpaired) electrons. The number of likely N-dealkylation sites (tertiary alicyclic amines) is 2. The fourth-order valence-corrected chi connectivity index (χ4v) is 2.79. The monoisotopic (exact) mass is 168 g/mol. The SMILES string of the molecule is CCN1CC2CCN(CC)C2C1. The molecule has 0 N–H and O–H groups in total. The number of hydrogen-bond acceptors (Lipinski definition) is 2. The third-order valence-corrected chi connectivity index (χ3v) is 3.59. The molecule has 0 spiro atoms.